The fraction of sp³-hybridized carbons (Fsp3) is 0.935. The largest absolute Gasteiger partial charge is 1.00 e. The summed E-state index contributed by atoms with van der Waals surface area (Å²) < 4.78 is 25.6. The zero-order valence-electron chi connectivity index (χ0n) is 28.0. The van der Waals surface area contributed by atoms with Crippen LogP contribution in [0, 0.1) is 0 Å². The van der Waals surface area contributed by atoms with Gasteiger partial charge in [-0.3, -0.25) is 9.59 Å². The van der Waals surface area contributed by atoms with Crippen LogP contribution in [0.4, 0.5) is 0 Å². The van der Waals surface area contributed by atoms with E-state index in [9.17, 15) is 23.9 Å². The van der Waals surface area contributed by atoms with Crippen LogP contribution in [0.25, 0.3) is 0 Å². The third-order valence-corrected chi connectivity index (χ3v) is 7.68. The zero-order chi connectivity index (χ0) is 30.4. The molecule has 0 aromatic heterocycles. The Kier molecular flexibility index (Phi) is 40.4. The van der Waals surface area contributed by atoms with E-state index in [1.807, 2.05) is 0 Å². The fourth-order valence-corrected chi connectivity index (χ4v) is 5.08. The molecule has 244 valence electrons. The first-order chi connectivity index (χ1) is 19.8. The number of phosphoric ester groups is 1. The minimum atomic E-state index is -5.24. The van der Waals surface area contributed by atoms with E-state index >= 15 is 0 Å². The van der Waals surface area contributed by atoms with Gasteiger partial charge in [-0.1, -0.05) is 129 Å². The molecule has 12 heteroatoms. The van der Waals surface area contributed by atoms with E-state index in [0.29, 0.717) is 12.8 Å². The van der Waals surface area contributed by atoms with E-state index in [1.165, 1.54) is 83.5 Å². The Morgan fingerprint density at radius 3 is 1.37 bits per heavy atom. The maximum absolute atomic E-state index is 12.2. The van der Waals surface area contributed by atoms with Crippen LogP contribution in [-0.2, 0) is 28.2 Å². The van der Waals surface area contributed by atoms with Gasteiger partial charge in [0.1, 0.15) is 6.61 Å². The van der Waals surface area contributed by atoms with Crippen molar-refractivity contribution in [1.29, 1.82) is 0 Å². The van der Waals surface area contributed by atoms with Gasteiger partial charge in [0.25, 0.3) is 0 Å². The molecule has 9 nitrogen and oxygen atoms in total. The minimum Gasteiger partial charge on any atom is -0.790 e. The summed E-state index contributed by atoms with van der Waals surface area (Å²) in [7, 11) is -5.24. The Bertz CT molecular complexity index is 670. The molecule has 0 fully saturated rings. The number of carbonyl (C=O) groups is 2. The van der Waals surface area contributed by atoms with Gasteiger partial charge in [-0.05, 0) is 25.8 Å². The molecular weight excluding hydrogens is 591 g/mol. The number of carbonyl (C=O) groups excluding carboxylic acids is 2. The molecule has 1 atom stereocenters. The van der Waals surface area contributed by atoms with Crippen LogP contribution in [0.1, 0.15) is 161 Å². The van der Waals surface area contributed by atoms with Gasteiger partial charge in [-0.2, -0.15) is 0 Å². The average Bonchev–Trinajstić information content (AvgIpc) is 2.93. The van der Waals surface area contributed by atoms with Gasteiger partial charge in [-0.15, -0.1) is 0 Å². The van der Waals surface area contributed by atoms with Gasteiger partial charge in [-0.25, -0.2) is 0 Å². The summed E-state index contributed by atoms with van der Waals surface area (Å²) in [4.78, 5) is 46.1. The fourth-order valence-electron chi connectivity index (χ4n) is 4.73. The molecule has 0 radical (unpaired) electrons. The number of unbranched alkanes of at least 4 members (excludes halogenated alkanes) is 20. The van der Waals surface area contributed by atoms with Gasteiger partial charge in [0.2, 0.25) is 0 Å². The predicted molar refractivity (Wildman–Crippen MR) is 160 cm³/mol. The first kappa shape index (κ1) is 48.4. The van der Waals surface area contributed by atoms with Crippen molar-refractivity contribution >= 4 is 19.8 Å². The van der Waals surface area contributed by atoms with Crippen LogP contribution in [0.2, 0.25) is 0 Å². The standard InChI is InChI=1S/C31H62NO8P.2Na/c1-2-3-4-5-6-7-8-9-10-12-16-19-22-25-31(34)40-29(28-39-41(35,36)37)27-38-30(33)24-21-18-15-13-11-14-17-20-23-26-32;;/h29H,2-28,32H2,1H3,(H2,35,36,37);;/q;2*+1/p-2/t29-;;/m0../s1. The van der Waals surface area contributed by atoms with Crippen molar-refractivity contribution in [1.82, 2.24) is 0 Å². The molecule has 0 aliphatic carbocycles. The van der Waals surface area contributed by atoms with Crippen molar-refractivity contribution in [2.45, 2.75) is 167 Å². The molecule has 0 aromatic carbocycles. The number of nitrogens with two attached hydrogens (primary N) is 1. The number of rotatable bonds is 31. The summed E-state index contributed by atoms with van der Waals surface area (Å²) in [5, 5.41) is 0. The van der Waals surface area contributed by atoms with Crippen LogP contribution in [0.5, 0.6) is 0 Å². The van der Waals surface area contributed by atoms with Gasteiger partial charge in [0, 0.05) is 12.8 Å². The molecular formula is C31H60NNa2O8P. The molecule has 2 N–H and O–H groups in total. The number of hydrogen-bond donors (Lipinski definition) is 1. The van der Waals surface area contributed by atoms with Crippen molar-refractivity contribution in [2.24, 2.45) is 5.73 Å². The second kappa shape index (κ2) is 35.9. The Balaban J connectivity index is -0.00000800. The first-order valence-corrected chi connectivity index (χ1v) is 18.0. The van der Waals surface area contributed by atoms with Crippen molar-refractivity contribution in [3.05, 3.63) is 0 Å². The van der Waals surface area contributed by atoms with Gasteiger partial charge in [0.05, 0.1) is 14.4 Å². The molecule has 0 saturated carbocycles. The Morgan fingerprint density at radius 2 is 0.977 bits per heavy atom. The smallest absolute Gasteiger partial charge is 0.790 e. The second-order valence-electron chi connectivity index (χ2n) is 11.3. The monoisotopic (exact) mass is 651 g/mol. The summed E-state index contributed by atoms with van der Waals surface area (Å²) in [6, 6.07) is 0. The third-order valence-electron chi connectivity index (χ3n) is 7.22. The Hall–Kier alpha value is 1.01. The van der Waals surface area contributed by atoms with Crippen molar-refractivity contribution in [2.75, 3.05) is 19.8 Å². The SMILES string of the molecule is CCCCCCCCCCCCCCCC(=O)O[C@@H](COC(=O)CCCCCCCCCCCN)COP(=O)([O-])[O-].[Na+].[Na+]. The molecule has 0 rings (SSSR count). The van der Waals surface area contributed by atoms with Gasteiger partial charge >= 0.3 is 71.1 Å². The summed E-state index contributed by atoms with van der Waals surface area (Å²) in [6.07, 6.45) is 24.5. The minimum absolute atomic E-state index is 0. The molecule has 0 aliphatic heterocycles. The van der Waals surface area contributed by atoms with Gasteiger partial charge in [0.15, 0.2) is 6.10 Å². The number of hydrogen-bond acceptors (Lipinski definition) is 9. The molecule has 0 saturated heterocycles. The molecule has 43 heavy (non-hydrogen) atoms. The number of ether oxygens (including phenoxy) is 2. The summed E-state index contributed by atoms with van der Waals surface area (Å²) in [5.74, 6) is -0.968. The third kappa shape index (κ3) is 39.1. The van der Waals surface area contributed by atoms with E-state index in [2.05, 4.69) is 11.4 Å². The van der Waals surface area contributed by atoms with Crippen molar-refractivity contribution < 1.29 is 97.1 Å². The quantitative estimate of drug-likeness (QED) is 0.0493. The Labute approximate surface area is 307 Å². The maximum atomic E-state index is 12.2. The zero-order valence-corrected chi connectivity index (χ0v) is 32.9. The average molecular weight is 652 g/mol. The first-order valence-electron chi connectivity index (χ1n) is 16.5. The van der Waals surface area contributed by atoms with E-state index in [-0.39, 0.29) is 78.6 Å². The van der Waals surface area contributed by atoms with Crippen molar-refractivity contribution in [3.8, 4) is 0 Å². The van der Waals surface area contributed by atoms with Crippen molar-refractivity contribution in [3.63, 3.8) is 0 Å². The van der Waals surface area contributed by atoms with Crippen LogP contribution in [-0.4, -0.2) is 37.8 Å². The molecule has 0 aromatic rings. The van der Waals surface area contributed by atoms with Crippen LogP contribution >= 0.6 is 7.82 Å². The summed E-state index contributed by atoms with van der Waals surface area (Å²) in [6.45, 7) is 1.99. The van der Waals surface area contributed by atoms with E-state index < -0.39 is 32.5 Å². The topological polar surface area (TPSA) is 151 Å². The molecule has 0 aliphatic rings. The van der Waals surface area contributed by atoms with E-state index in [1.54, 1.807) is 0 Å². The van der Waals surface area contributed by atoms with Crippen LogP contribution in [0.15, 0.2) is 0 Å². The maximum Gasteiger partial charge on any atom is 1.00 e. The molecule has 0 bridgehead atoms. The van der Waals surface area contributed by atoms with Crippen LogP contribution < -0.4 is 74.6 Å². The molecule has 0 amide bonds. The summed E-state index contributed by atoms with van der Waals surface area (Å²) in [5.41, 5.74) is 5.49. The summed E-state index contributed by atoms with van der Waals surface area (Å²) >= 11 is 0. The molecule has 0 unspecified atom stereocenters. The number of phosphoric acid groups is 1. The second-order valence-corrected chi connectivity index (χ2v) is 12.4. The molecule has 0 spiro atoms. The predicted octanol–water partition coefficient (Wildman–Crippen LogP) is 0.636. The van der Waals surface area contributed by atoms with E-state index in [4.69, 9.17) is 15.2 Å². The Morgan fingerprint density at radius 1 is 0.605 bits per heavy atom. The normalized spacial score (nSPS) is 11.8. The van der Waals surface area contributed by atoms with Gasteiger partial charge < -0.3 is 34.1 Å². The van der Waals surface area contributed by atoms with E-state index in [0.717, 1.165) is 51.5 Å². The number of esters is 2. The molecule has 0 heterocycles. The van der Waals surface area contributed by atoms with Crippen LogP contribution in [0.3, 0.4) is 0 Å².